The number of amides is 2. The molecular weight excluding hydrogens is 404 g/mol. The van der Waals surface area contributed by atoms with Crippen LogP contribution in [0.5, 0.6) is 0 Å². The minimum absolute atomic E-state index is 0.109. The molecule has 3 aromatic carbocycles. The fourth-order valence-corrected chi connectivity index (χ4v) is 5.22. The Bertz CT molecular complexity index is 1060. The highest BCUT2D eigenvalue weighted by atomic mass is 32.2. The summed E-state index contributed by atoms with van der Waals surface area (Å²) in [5, 5.41) is 2.72. The molecule has 158 valence electrons. The lowest BCUT2D eigenvalue weighted by atomic mass is 10.0. The van der Waals surface area contributed by atoms with E-state index in [0.717, 1.165) is 23.2 Å². The summed E-state index contributed by atoms with van der Waals surface area (Å²) < 4.78 is 0. The molecule has 1 aliphatic rings. The molecule has 0 spiro atoms. The number of fused-ring (bicyclic) bond motifs is 1. The summed E-state index contributed by atoms with van der Waals surface area (Å²) in [4.78, 5) is 28.4. The molecule has 1 heterocycles. The van der Waals surface area contributed by atoms with Crippen LogP contribution in [0.15, 0.2) is 83.8 Å². The van der Waals surface area contributed by atoms with E-state index in [4.69, 9.17) is 0 Å². The van der Waals surface area contributed by atoms with Crippen molar-refractivity contribution < 1.29 is 9.59 Å². The van der Waals surface area contributed by atoms with Crippen molar-refractivity contribution in [1.82, 2.24) is 4.90 Å². The van der Waals surface area contributed by atoms with Gasteiger partial charge in [-0.3, -0.25) is 9.59 Å². The van der Waals surface area contributed by atoms with E-state index in [9.17, 15) is 9.59 Å². The molecule has 4 rings (SSSR count). The summed E-state index contributed by atoms with van der Waals surface area (Å²) in [7, 11) is 0. The second-order valence-corrected chi connectivity index (χ2v) is 9.10. The van der Waals surface area contributed by atoms with E-state index in [1.807, 2.05) is 59.5 Å². The van der Waals surface area contributed by atoms with Crippen molar-refractivity contribution in [2.75, 3.05) is 5.32 Å². The number of anilines is 1. The van der Waals surface area contributed by atoms with E-state index in [1.165, 1.54) is 17.4 Å². The van der Waals surface area contributed by atoms with Gasteiger partial charge in [-0.15, -0.1) is 11.8 Å². The van der Waals surface area contributed by atoms with Gasteiger partial charge >= 0.3 is 0 Å². The van der Waals surface area contributed by atoms with Crippen LogP contribution in [0.4, 0.5) is 5.69 Å². The summed E-state index contributed by atoms with van der Waals surface area (Å²) in [6.45, 7) is 4.09. The molecule has 2 atom stereocenters. The normalized spacial score (nSPS) is 15.7. The number of benzene rings is 3. The molecule has 31 heavy (non-hydrogen) atoms. The minimum atomic E-state index is -0.134. The molecule has 0 bridgehead atoms. The van der Waals surface area contributed by atoms with Crippen LogP contribution in [0.1, 0.15) is 36.6 Å². The maximum absolute atomic E-state index is 13.7. The second kappa shape index (κ2) is 9.40. The Kier molecular flexibility index (Phi) is 6.42. The third kappa shape index (κ3) is 5.00. The summed E-state index contributed by atoms with van der Waals surface area (Å²) in [6, 6.07) is 26.0. The van der Waals surface area contributed by atoms with Crippen LogP contribution in [0.25, 0.3) is 0 Å². The lowest BCUT2D eigenvalue weighted by Gasteiger charge is -2.32. The quantitative estimate of drug-likeness (QED) is 0.566. The monoisotopic (exact) mass is 430 g/mol. The Morgan fingerprint density at radius 2 is 1.77 bits per heavy atom. The molecule has 0 fully saturated rings. The molecule has 0 aromatic heterocycles. The van der Waals surface area contributed by atoms with Crippen molar-refractivity contribution in [3.8, 4) is 0 Å². The number of carbonyl (C=O) groups excluding carboxylic acids is 2. The summed E-state index contributed by atoms with van der Waals surface area (Å²) in [5.74, 6) is 0.0321. The second-order valence-electron chi connectivity index (χ2n) is 7.85. The summed E-state index contributed by atoms with van der Waals surface area (Å²) in [6.07, 6.45) is 0.754. The fourth-order valence-electron chi connectivity index (χ4n) is 3.95. The highest BCUT2D eigenvalue weighted by Gasteiger charge is 2.33. The van der Waals surface area contributed by atoms with E-state index in [1.54, 1.807) is 11.8 Å². The predicted octanol–water partition coefficient (Wildman–Crippen LogP) is 5.45. The summed E-state index contributed by atoms with van der Waals surface area (Å²) in [5.41, 5.74) is 4.08. The Balaban J connectivity index is 1.61. The molecule has 0 unspecified atom stereocenters. The molecule has 2 amide bonds. The van der Waals surface area contributed by atoms with Crippen LogP contribution >= 0.6 is 11.8 Å². The van der Waals surface area contributed by atoms with Crippen LogP contribution < -0.4 is 5.32 Å². The van der Waals surface area contributed by atoms with E-state index >= 15 is 0 Å². The third-order valence-corrected chi connectivity index (χ3v) is 6.86. The number of carbonyl (C=O) groups is 2. The topological polar surface area (TPSA) is 49.4 Å². The molecule has 4 nitrogen and oxygen atoms in total. The highest BCUT2D eigenvalue weighted by Crippen LogP contribution is 2.39. The van der Waals surface area contributed by atoms with E-state index in [0.29, 0.717) is 6.54 Å². The number of thioether (sulfide) groups is 1. The maximum Gasteiger partial charge on any atom is 0.237 e. The first kappa shape index (κ1) is 21.2. The molecule has 1 aliphatic heterocycles. The number of rotatable bonds is 6. The summed E-state index contributed by atoms with van der Waals surface area (Å²) >= 11 is 1.66. The van der Waals surface area contributed by atoms with Crippen LogP contribution in [0.3, 0.4) is 0 Å². The van der Waals surface area contributed by atoms with Crippen molar-refractivity contribution in [2.24, 2.45) is 0 Å². The van der Waals surface area contributed by atoms with Crippen LogP contribution in [0.2, 0.25) is 0 Å². The van der Waals surface area contributed by atoms with Crippen molar-refractivity contribution in [2.45, 2.75) is 43.0 Å². The molecule has 3 aromatic rings. The van der Waals surface area contributed by atoms with Gasteiger partial charge in [0.25, 0.3) is 0 Å². The van der Waals surface area contributed by atoms with Gasteiger partial charge in [0, 0.05) is 24.1 Å². The molecular formula is C26H26N2O2S. The van der Waals surface area contributed by atoms with Crippen molar-refractivity contribution in [3.05, 3.63) is 95.6 Å². The average molecular weight is 431 g/mol. The largest absolute Gasteiger partial charge is 0.331 e. The van der Waals surface area contributed by atoms with Crippen molar-refractivity contribution in [1.29, 1.82) is 0 Å². The van der Waals surface area contributed by atoms with Gasteiger partial charge < -0.3 is 10.2 Å². The van der Waals surface area contributed by atoms with E-state index in [2.05, 4.69) is 36.5 Å². The number of nitrogens with one attached hydrogen (secondary N) is 1. The van der Waals surface area contributed by atoms with Gasteiger partial charge in [-0.25, -0.2) is 0 Å². The number of hydrogen-bond donors (Lipinski definition) is 1. The van der Waals surface area contributed by atoms with Gasteiger partial charge in [0.2, 0.25) is 11.8 Å². The van der Waals surface area contributed by atoms with Gasteiger partial charge in [-0.1, -0.05) is 60.7 Å². The molecule has 0 saturated heterocycles. The van der Waals surface area contributed by atoms with Crippen LogP contribution in [-0.2, 0) is 22.6 Å². The van der Waals surface area contributed by atoms with E-state index in [-0.39, 0.29) is 23.1 Å². The molecule has 0 radical (unpaired) electrons. The van der Waals surface area contributed by atoms with Gasteiger partial charge in [-0.05, 0) is 48.2 Å². The van der Waals surface area contributed by atoms with Gasteiger partial charge in [-0.2, -0.15) is 0 Å². The van der Waals surface area contributed by atoms with Crippen LogP contribution in [-0.4, -0.2) is 22.0 Å². The van der Waals surface area contributed by atoms with Crippen molar-refractivity contribution in [3.63, 3.8) is 0 Å². The Morgan fingerprint density at radius 1 is 1.03 bits per heavy atom. The Morgan fingerprint density at radius 3 is 2.52 bits per heavy atom. The number of nitrogens with zero attached hydrogens (tertiary/aromatic N) is 1. The Hall–Kier alpha value is -3.05. The lowest BCUT2D eigenvalue weighted by molar-refractivity contribution is -0.133. The van der Waals surface area contributed by atoms with Crippen molar-refractivity contribution >= 4 is 29.3 Å². The molecule has 0 saturated carbocycles. The predicted molar refractivity (Wildman–Crippen MR) is 126 cm³/mol. The smallest absolute Gasteiger partial charge is 0.237 e. The first-order valence-electron chi connectivity index (χ1n) is 10.5. The highest BCUT2D eigenvalue weighted by molar-refractivity contribution is 8.01. The molecule has 0 aliphatic carbocycles. The minimum Gasteiger partial charge on any atom is -0.331 e. The third-order valence-electron chi connectivity index (χ3n) is 5.56. The van der Waals surface area contributed by atoms with Gasteiger partial charge in [0.05, 0.1) is 11.3 Å². The lowest BCUT2D eigenvalue weighted by Crippen LogP contribution is -2.39. The van der Waals surface area contributed by atoms with Gasteiger partial charge in [0.15, 0.2) is 0 Å². The first-order chi connectivity index (χ1) is 15.0. The maximum atomic E-state index is 13.7. The number of hydrogen-bond acceptors (Lipinski definition) is 3. The molecule has 5 heteroatoms. The zero-order valence-corrected chi connectivity index (χ0v) is 18.6. The standard InChI is InChI=1S/C26H26N2O2S/c1-18(21-12-8-13-23(15-21)27-19(2)29)28(17-20-9-4-3-5-10-20)26(30)25-16-22-11-6-7-14-24(22)31-25/h3-15,18,25H,16-17H2,1-2H3,(H,27,29)/t18-,25-/m0/s1. The Labute approximate surface area is 187 Å². The average Bonchev–Trinajstić information content (AvgIpc) is 3.21. The first-order valence-corrected chi connectivity index (χ1v) is 11.4. The zero-order chi connectivity index (χ0) is 21.8. The fraction of sp³-hybridized carbons (Fsp3) is 0.231. The van der Waals surface area contributed by atoms with Crippen LogP contribution in [0, 0.1) is 0 Å². The zero-order valence-electron chi connectivity index (χ0n) is 17.7. The SMILES string of the molecule is CC(=O)Nc1cccc([C@H](C)N(Cc2ccccc2)C(=O)[C@@H]2Cc3ccccc3S2)c1. The van der Waals surface area contributed by atoms with Gasteiger partial charge in [0.1, 0.15) is 0 Å². The van der Waals surface area contributed by atoms with E-state index < -0.39 is 0 Å². The molecule has 1 N–H and O–H groups in total.